The van der Waals surface area contributed by atoms with E-state index in [-0.39, 0.29) is 54.8 Å². The molecule has 0 saturated heterocycles. The highest BCUT2D eigenvalue weighted by molar-refractivity contribution is 7.89. The number of allylic oxidation sites excluding steroid dienone is 1. The second-order valence-electron chi connectivity index (χ2n) is 17.0. The molecule has 0 radical (unpaired) electrons. The monoisotopic (exact) mass is 857 g/mol. The lowest BCUT2D eigenvalue weighted by molar-refractivity contribution is -0.250. The van der Waals surface area contributed by atoms with Crippen LogP contribution in [0.3, 0.4) is 0 Å². The van der Waals surface area contributed by atoms with Gasteiger partial charge in [-0.2, -0.15) is 4.31 Å². The Morgan fingerprint density at radius 3 is 2.38 bits per heavy atom. The summed E-state index contributed by atoms with van der Waals surface area (Å²) in [7, 11) is -2.72. The minimum Gasteiger partial charge on any atom is -0.460 e. The van der Waals surface area contributed by atoms with Gasteiger partial charge >= 0.3 is 0 Å². The number of aliphatic hydroxyl groups excluding tert-OH is 2. The largest absolute Gasteiger partial charge is 0.460 e. The maximum Gasteiger partial charge on any atom is 0.243 e. The van der Waals surface area contributed by atoms with E-state index < -0.39 is 33.4 Å². The van der Waals surface area contributed by atoms with Crippen LogP contribution in [0.5, 0.6) is 17.2 Å². The van der Waals surface area contributed by atoms with Crippen LogP contribution in [0, 0.1) is 17.8 Å². The number of unbranched alkanes of at least 4 members (excludes halogenated alkanes) is 2. The fraction of sp³-hybridized carbons (Fsp3) is 0.468. The van der Waals surface area contributed by atoms with Gasteiger partial charge < -0.3 is 34.6 Å². The summed E-state index contributed by atoms with van der Waals surface area (Å²) in [5, 5.41) is 27.3. The standard InChI is InChI=1S/C47H59N3O10S/c1-7-25-57-47-43(50(6)61(55,56)37-20-17-34(18-21-37)48-31(2)54)29-41(49-60-46(3,4)5)39-27-33(14-8-10-23-51)38(16-9-11-24-52)44(45(39)47)40-28-36(19-22-42(40)59-47)58-35-15-12-13-32(26-35)30-53/h7,12-13,15,17-22,26-28,30,33,38,43-45,51-52H,1,8-11,14,16,23-25,29H2,2-6H3,(H,48,54)/t33-,38+,43-,44+,45+,47+/m0/s1. The number of hydrogen-bond donors (Lipinski definition) is 3. The van der Waals surface area contributed by atoms with Crippen molar-refractivity contribution in [1.29, 1.82) is 0 Å². The molecule has 3 N–H and O–H groups in total. The molecule has 13 nitrogen and oxygen atoms in total. The molecule has 2 aliphatic carbocycles. The van der Waals surface area contributed by atoms with Crippen molar-refractivity contribution in [3.8, 4) is 17.2 Å². The van der Waals surface area contributed by atoms with Crippen molar-refractivity contribution in [3.63, 3.8) is 0 Å². The average molecular weight is 858 g/mol. The molecule has 6 rings (SSSR count). The van der Waals surface area contributed by atoms with Crippen LogP contribution in [0.15, 0.2) is 101 Å². The van der Waals surface area contributed by atoms with Crippen molar-refractivity contribution in [2.24, 2.45) is 22.9 Å². The summed E-state index contributed by atoms with van der Waals surface area (Å²) in [5.41, 5.74) is 2.51. The third-order valence-corrected chi connectivity index (χ3v) is 13.5. The molecule has 328 valence electrons. The predicted molar refractivity (Wildman–Crippen MR) is 233 cm³/mol. The lowest BCUT2D eigenvalue weighted by atomic mass is 9.55. The van der Waals surface area contributed by atoms with Gasteiger partial charge in [0.2, 0.25) is 21.7 Å². The zero-order valence-electron chi connectivity index (χ0n) is 35.7. The zero-order chi connectivity index (χ0) is 44.0. The Morgan fingerprint density at radius 1 is 1.02 bits per heavy atom. The quantitative estimate of drug-likeness (QED) is 0.0464. The number of aldehydes is 1. The number of hydrogen-bond acceptors (Lipinski definition) is 11. The molecule has 0 bridgehead atoms. The number of fused-ring (bicyclic) bond motifs is 2. The molecule has 1 fully saturated rings. The Balaban J connectivity index is 1.59. The van der Waals surface area contributed by atoms with E-state index in [1.807, 2.05) is 32.9 Å². The molecule has 3 aliphatic rings. The molecule has 1 saturated carbocycles. The molecule has 14 heteroatoms. The van der Waals surface area contributed by atoms with Crippen LogP contribution in [0.1, 0.15) is 94.5 Å². The van der Waals surface area contributed by atoms with Crippen molar-refractivity contribution >= 4 is 33.6 Å². The third-order valence-electron chi connectivity index (χ3n) is 11.6. The molecule has 3 aromatic carbocycles. The molecule has 6 atom stereocenters. The summed E-state index contributed by atoms with van der Waals surface area (Å²) >= 11 is 0. The first-order valence-corrected chi connectivity index (χ1v) is 22.4. The number of rotatable bonds is 19. The molecular weight excluding hydrogens is 799 g/mol. The number of ether oxygens (including phenoxy) is 3. The van der Waals surface area contributed by atoms with Crippen LogP contribution in [-0.2, 0) is 24.4 Å². The smallest absolute Gasteiger partial charge is 0.243 e. The fourth-order valence-corrected chi connectivity index (χ4v) is 10.4. The maximum absolute atomic E-state index is 14.8. The Hall–Kier alpha value is -4.86. The average Bonchev–Trinajstić information content (AvgIpc) is 3.23. The van der Waals surface area contributed by atoms with Crippen molar-refractivity contribution < 1.29 is 47.3 Å². The molecular formula is C47H59N3O10S. The van der Waals surface area contributed by atoms with Crippen molar-refractivity contribution in [3.05, 3.63) is 102 Å². The number of carbonyl (C=O) groups is 2. The molecule has 1 heterocycles. The summed E-state index contributed by atoms with van der Waals surface area (Å²) in [6, 6.07) is 17.5. The summed E-state index contributed by atoms with van der Waals surface area (Å²) in [6.07, 6.45) is 8.92. The summed E-state index contributed by atoms with van der Waals surface area (Å²) < 4.78 is 51.4. The first-order chi connectivity index (χ1) is 29.1. The molecule has 3 aromatic rings. The fourth-order valence-electron chi connectivity index (χ4n) is 8.99. The maximum atomic E-state index is 14.8. The van der Waals surface area contributed by atoms with Gasteiger partial charge in [-0.25, -0.2) is 8.42 Å². The van der Waals surface area contributed by atoms with Gasteiger partial charge in [0.25, 0.3) is 0 Å². The molecule has 0 aromatic heterocycles. The van der Waals surface area contributed by atoms with Crippen LogP contribution in [-0.4, -0.2) is 85.1 Å². The van der Waals surface area contributed by atoms with E-state index in [9.17, 15) is 28.2 Å². The lowest BCUT2D eigenvalue weighted by Crippen LogP contribution is -2.69. The topological polar surface area (TPSA) is 173 Å². The van der Waals surface area contributed by atoms with Gasteiger partial charge in [-0.1, -0.05) is 42.3 Å². The Labute approximate surface area is 359 Å². The van der Waals surface area contributed by atoms with E-state index in [1.165, 1.54) is 30.4 Å². The zero-order valence-corrected chi connectivity index (χ0v) is 36.5. The number of nitrogens with zero attached hydrogens (tertiary/aromatic N) is 2. The van der Waals surface area contributed by atoms with Gasteiger partial charge in [0.1, 0.15) is 29.1 Å². The van der Waals surface area contributed by atoms with Gasteiger partial charge in [0.15, 0.2) is 0 Å². The Kier molecular flexibility index (Phi) is 14.6. The van der Waals surface area contributed by atoms with Crippen LogP contribution < -0.4 is 14.8 Å². The summed E-state index contributed by atoms with van der Waals surface area (Å²) in [5.74, 6) is -1.39. The summed E-state index contributed by atoms with van der Waals surface area (Å²) in [6.45, 7) is 11.2. The van der Waals surface area contributed by atoms with E-state index >= 15 is 0 Å². The van der Waals surface area contributed by atoms with E-state index in [0.717, 1.165) is 43.1 Å². The minimum absolute atomic E-state index is 0.00151. The van der Waals surface area contributed by atoms with Crippen LogP contribution >= 0.6 is 0 Å². The highest BCUT2D eigenvalue weighted by Crippen LogP contribution is 2.62. The number of aliphatic hydroxyl groups is 2. The summed E-state index contributed by atoms with van der Waals surface area (Å²) in [4.78, 5) is 29.5. The van der Waals surface area contributed by atoms with Crippen LogP contribution in [0.2, 0.25) is 0 Å². The predicted octanol–water partition coefficient (Wildman–Crippen LogP) is 8.00. The minimum atomic E-state index is -4.25. The first-order valence-electron chi connectivity index (χ1n) is 21.0. The SMILES string of the molecule is C=CCO[C@@]12Oc3ccc(Oc4cccc(C=O)c4)cc3[C@H]3[C@H](CCCCO)[C@@H](CCCCO)C=C(C(=NOC(C)(C)C)C[C@@H]1N(C)S(=O)(=O)c1ccc(NC(C)=O)cc1)[C@H]32. The van der Waals surface area contributed by atoms with Gasteiger partial charge in [0.05, 0.1) is 29.2 Å². The van der Waals surface area contributed by atoms with Gasteiger partial charge in [-0.15, -0.1) is 6.58 Å². The number of nitrogens with one attached hydrogen (secondary N) is 1. The normalized spacial score (nSPS) is 23.9. The van der Waals surface area contributed by atoms with Crippen molar-refractivity contribution in [1.82, 2.24) is 4.31 Å². The third kappa shape index (κ3) is 10.1. The molecule has 61 heavy (non-hydrogen) atoms. The van der Waals surface area contributed by atoms with E-state index in [1.54, 1.807) is 48.5 Å². The van der Waals surface area contributed by atoms with E-state index in [4.69, 9.17) is 24.2 Å². The van der Waals surface area contributed by atoms with E-state index in [2.05, 4.69) is 18.0 Å². The van der Waals surface area contributed by atoms with Gasteiger partial charge in [-0.3, -0.25) is 9.59 Å². The van der Waals surface area contributed by atoms with Crippen LogP contribution in [0.4, 0.5) is 5.69 Å². The highest BCUT2D eigenvalue weighted by atomic mass is 32.2. The number of anilines is 1. The van der Waals surface area contributed by atoms with Crippen molar-refractivity contribution in [2.75, 3.05) is 32.2 Å². The highest BCUT2D eigenvalue weighted by Gasteiger charge is 2.65. The number of benzene rings is 3. The first kappa shape index (κ1) is 45.7. The van der Waals surface area contributed by atoms with Gasteiger partial charge in [0, 0.05) is 56.3 Å². The Morgan fingerprint density at radius 2 is 1.72 bits per heavy atom. The van der Waals surface area contributed by atoms with Crippen molar-refractivity contribution in [2.45, 2.75) is 101 Å². The number of sulfonamides is 1. The van der Waals surface area contributed by atoms with E-state index in [0.29, 0.717) is 47.1 Å². The lowest BCUT2D eigenvalue weighted by Gasteiger charge is -2.59. The number of likely N-dealkylation sites (N-methyl/N-ethyl adjacent to an activating group) is 1. The number of oxime groups is 1. The molecule has 0 spiro atoms. The second kappa shape index (κ2) is 19.5. The second-order valence-corrected chi connectivity index (χ2v) is 19.0. The molecule has 0 unspecified atom stereocenters. The Bertz CT molecular complexity index is 2220. The van der Waals surface area contributed by atoms with Crippen LogP contribution in [0.25, 0.3) is 0 Å². The number of amides is 1. The molecule has 1 aliphatic heterocycles. The molecule has 1 amide bonds. The van der Waals surface area contributed by atoms with Gasteiger partial charge in [-0.05, 0) is 118 Å². The number of carbonyl (C=O) groups excluding carboxylic acids is 2.